The van der Waals surface area contributed by atoms with Crippen molar-refractivity contribution in [1.82, 2.24) is 14.8 Å². The number of rotatable bonds is 9. The molecule has 0 spiro atoms. The molecular weight excluding hydrogens is 595 g/mol. The Bertz CT molecular complexity index is 1670. The SMILES string of the molecule is CCN(CC)CCN1CCCc2[nH]c(/C=C3\C(=O)Nc4ccc(S(=O)(=O)Cc5c(Cl)cccc5Cl)cc43)c(C)c2C1=O. The van der Waals surface area contributed by atoms with Crippen molar-refractivity contribution in [2.24, 2.45) is 0 Å². The molecule has 0 bridgehead atoms. The van der Waals surface area contributed by atoms with E-state index in [1.165, 1.54) is 12.1 Å². The summed E-state index contributed by atoms with van der Waals surface area (Å²) in [5, 5.41) is 3.36. The number of sulfone groups is 1. The number of benzene rings is 2. The number of amides is 2. The number of carbonyl (C=O) groups is 2. The monoisotopic (exact) mass is 628 g/mol. The second-order valence-electron chi connectivity index (χ2n) is 10.6. The highest BCUT2D eigenvalue weighted by atomic mass is 35.5. The first-order valence-corrected chi connectivity index (χ1v) is 16.5. The molecule has 0 unspecified atom stereocenters. The van der Waals surface area contributed by atoms with E-state index in [4.69, 9.17) is 23.2 Å². The molecule has 3 heterocycles. The molecule has 3 aromatic rings. The number of halogens is 2. The molecule has 5 rings (SSSR count). The van der Waals surface area contributed by atoms with Crippen LogP contribution in [0, 0.1) is 6.92 Å². The average Bonchev–Trinajstić information content (AvgIpc) is 3.38. The third-order valence-electron chi connectivity index (χ3n) is 8.12. The number of hydrogen-bond acceptors (Lipinski definition) is 5. The molecule has 2 aliphatic heterocycles. The van der Waals surface area contributed by atoms with Crippen LogP contribution in [0.1, 0.15) is 58.7 Å². The van der Waals surface area contributed by atoms with Gasteiger partial charge in [0, 0.05) is 57.9 Å². The van der Waals surface area contributed by atoms with Gasteiger partial charge in [0.1, 0.15) is 0 Å². The molecule has 0 fully saturated rings. The first kappa shape index (κ1) is 30.4. The molecule has 42 heavy (non-hydrogen) atoms. The van der Waals surface area contributed by atoms with Gasteiger partial charge in [-0.25, -0.2) is 8.42 Å². The first-order valence-electron chi connectivity index (χ1n) is 14.1. The second-order valence-corrected chi connectivity index (χ2v) is 13.4. The van der Waals surface area contributed by atoms with E-state index in [-0.39, 0.29) is 32.5 Å². The largest absolute Gasteiger partial charge is 0.358 e. The summed E-state index contributed by atoms with van der Waals surface area (Å²) >= 11 is 12.5. The van der Waals surface area contributed by atoms with Crippen molar-refractivity contribution in [2.75, 3.05) is 38.0 Å². The van der Waals surface area contributed by atoms with Crippen LogP contribution in [-0.4, -0.2) is 67.7 Å². The molecule has 1 aromatic heterocycles. The number of nitrogens with one attached hydrogen (secondary N) is 2. The molecule has 2 amide bonds. The van der Waals surface area contributed by atoms with E-state index in [9.17, 15) is 18.0 Å². The zero-order valence-corrected chi connectivity index (χ0v) is 26.2. The van der Waals surface area contributed by atoms with Crippen LogP contribution >= 0.6 is 23.2 Å². The number of aromatic nitrogens is 1. The number of aromatic amines is 1. The topological polar surface area (TPSA) is 103 Å². The Hall–Kier alpha value is -3.11. The third kappa shape index (κ3) is 5.88. The van der Waals surface area contributed by atoms with Gasteiger partial charge in [0.25, 0.3) is 11.8 Å². The molecule has 11 heteroatoms. The Morgan fingerprint density at radius 1 is 1.07 bits per heavy atom. The van der Waals surface area contributed by atoms with Crippen LogP contribution in [0.3, 0.4) is 0 Å². The van der Waals surface area contributed by atoms with E-state index in [1.54, 1.807) is 30.3 Å². The quantitative estimate of drug-likeness (QED) is 0.290. The number of hydrogen-bond donors (Lipinski definition) is 2. The predicted octanol–water partition coefficient (Wildman–Crippen LogP) is 5.83. The predicted molar refractivity (Wildman–Crippen MR) is 168 cm³/mol. The molecule has 2 aliphatic rings. The number of H-pyrrole nitrogens is 1. The maximum atomic E-state index is 13.6. The maximum absolute atomic E-state index is 13.6. The van der Waals surface area contributed by atoms with Crippen LogP contribution in [0.25, 0.3) is 11.6 Å². The molecule has 0 saturated heterocycles. The Labute approximate surface area is 256 Å². The highest BCUT2D eigenvalue weighted by Crippen LogP contribution is 2.37. The van der Waals surface area contributed by atoms with Crippen LogP contribution in [0.4, 0.5) is 5.69 Å². The van der Waals surface area contributed by atoms with Crippen molar-refractivity contribution >= 4 is 62.2 Å². The van der Waals surface area contributed by atoms with E-state index in [1.807, 2.05) is 11.8 Å². The van der Waals surface area contributed by atoms with Gasteiger partial charge in [-0.3, -0.25) is 9.59 Å². The summed E-state index contributed by atoms with van der Waals surface area (Å²) in [5.74, 6) is -0.721. The standard InChI is InChI=1S/C31H34Cl2N4O4S/c1-4-36(5-2)14-15-37-13-7-10-27-29(31(37)39)19(3)28(34-27)17-22-21-16-20(11-12-26(21)35-30(22)38)42(40,41)18-23-24(32)8-6-9-25(23)33/h6,8-9,11-12,16-17,34H,4-5,7,10,13-15,18H2,1-3H3,(H,35,38)/b22-17-. The van der Waals surface area contributed by atoms with Crippen molar-refractivity contribution in [3.05, 3.63) is 80.1 Å². The Balaban J connectivity index is 1.46. The Kier molecular flexibility index (Phi) is 8.85. The summed E-state index contributed by atoms with van der Waals surface area (Å²) in [6.45, 7) is 10.2. The fourth-order valence-electron chi connectivity index (χ4n) is 5.61. The zero-order valence-electron chi connectivity index (χ0n) is 23.9. The number of fused-ring (bicyclic) bond motifs is 2. The van der Waals surface area contributed by atoms with Gasteiger partial charge < -0.3 is 20.1 Å². The number of likely N-dealkylation sites (N-methyl/N-ethyl adjacent to an activating group) is 1. The number of nitrogens with zero attached hydrogens (tertiary/aromatic N) is 2. The van der Waals surface area contributed by atoms with E-state index >= 15 is 0 Å². The molecule has 0 saturated carbocycles. The van der Waals surface area contributed by atoms with E-state index in [0.717, 1.165) is 43.7 Å². The summed E-state index contributed by atoms with van der Waals surface area (Å²) in [6.07, 6.45) is 3.27. The first-order chi connectivity index (χ1) is 20.0. The van der Waals surface area contributed by atoms with Gasteiger partial charge in [0.15, 0.2) is 9.84 Å². The van der Waals surface area contributed by atoms with Crippen LogP contribution in [0.2, 0.25) is 10.0 Å². The minimum Gasteiger partial charge on any atom is -0.358 e. The van der Waals surface area contributed by atoms with E-state index in [0.29, 0.717) is 46.7 Å². The lowest BCUT2D eigenvalue weighted by molar-refractivity contribution is -0.110. The highest BCUT2D eigenvalue weighted by Gasteiger charge is 2.30. The fourth-order valence-corrected chi connectivity index (χ4v) is 7.73. The normalized spacial score (nSPS) is 16.1. The van der Waals surface area contributed by atoms with Crippen molar-refractivity contribution in [2.45, 2.75) is 44.3 Å². The number of carbonyl (C=O) groups excluding carboxylic acids is 2. The van der Waals surface area contributed by atoms with Gasteiger partial charge in [-0.1, -0.05) is 43.1 Å². The Morgan fingerprint density at radius 2 is 1.79 bits per heavy atom. The van der Waals surface area contributed by atoms with Crippen LogP contribution in [-0.2, 0) is 26.8 Å². The maximum Gasteiger partial charge on any atom is 0.256 e. The Morgan fingerprint density at radius 3 is 2.48 bits per heavy atom. The summed E-state index contributed by atoms with van der Waals surface area (Å²) in [5.41, 5.74) is 4.59. The lowest BCUT2D eigenvalue weighted by Gasteiger charge is -2.25. The minimum atomic E-state index is -3.83. The smallest absolute Gasteiger partial charge is 0.256 e. The second kappa shape index (κ2) is 12.2. The average molecular weight is 630 g/mol. The number of aryl methyl sites for hydroxylation is 1. The van der Waals surface area contributed by atoms with Crippen molar-refractivity contribution in [3.8, 4) is 0 Å². The van der Waals surface area contributed by atoms with Gasteiger partial charge in [0.05, 0.1) is 21.8 Å². The molecular formula is C31H34Cl2N4O4S. The minimum absolute atomic E-state index is 0.00376. The summed E-state index contributed by atoms with van der Waals surface area (Å²) in [4.78, 5) is 34.3. The van der Waals surface area contributed by atoms with Crippen LogP contribution in [0.15, 0.2) is 41.3 Å². The van der Waals surface area contributed by atoms with Gasteiger partial charge in [-0.05, 0) is 74.8 Å². The molecule has 2 aromatic carbocycles. The molecule has 2 N–H and O–H groups in total. The van der Waals surface area contributed by atoms with Gasteiger partial charge >= 0.3 is 0 Å². The summed E-state index contributed by atoms with van der Waals surface area (Å²) in [7, 11) is -3.83. The van der Waals surface area contributed by atoms with Gasteiger partial charge in [0.2, 0.25) is 0 Å². The molecule has 8 nitrogen and oxygen atoms in total. The van der Waals surface area contributed by atoms with E-state index < -0.39 is 9.84 Å². The van der Waals surface area contributed by atoms with Gasteiger partial charge in [-0.2, -0.15) is 0 Å². The molecule has 0 aliphatic carbocycles. The van der Waals surface area contributed by atoms with E-state index in [2.05, 4.69) is 29.0 Å². The lowest BCUT2D eigenvalue weighted by Crippen LogP contribution is -2.38. The lowest BCUT2D eigenvalue weighted by atomic mass is 10.0. The summed E-state index contributed by atoms with van der Waals surface area (Å²) < 4.78 is 26.8. The summed E-state index contributed by atoms with van der Waals surface area (Å²) in [6, 6.07) is 9.41. The number of anilines is 1. The van der Waals surface area contributed by atoms with Crippen molar-refractivity contribution in [3.63, 3.8) is 0 Å². The third-order valence-corrected chi connectivity index (χ3v) is 10.5. The van der Waals surface area contributed by atoms with Crippen LogP contribution < -0.4 is 5.32 Å². The molecule has 0 atom stereocenters. The van der Waals surface area contributed by atoms with Crippen molar-refractivity contribution < 1.29 is 18.0 Å². The zero-order chi connectivity index (χ0) is 30.2. The van der Waals surface area contributed by atoms with Gasteiger partial charge in [-0.15, -0.1) is 0 Å². The molecule has 0 radical (unpaired) electrons. The highest BCUT2D eigenvalue weighted by molar-refractivity contribution is 7.90. The van der Waals surface area contributed by atoms with Crippen molar-refractivity contribution in [1.29, 1.82) is 0 Å². The fraction of sp³-hybridized carbons (Fsp3) is 0.355. The van der Waals surface area contributed by atoms with Crippen LogP contribution in [0.5, 0.6) is 0 Å². The molecule has 222 valence electrons.